The molecule has 0 aliphatic heterocycles. The summed E-state index contributed by atoms with van der Waals surface area (Å²) in [6.45, 7) is 5.39. The number of para-hydroxylation sites is 1. The lowest BCUT2D eigenvalue weighted by molar-refractivity contribution is -0.143. The maximum Gasteiger partial charge on any atom is 0.416 e. The zero-order valence-corrected chi connectivity index (χ0v) is 30.9. The van der Waals surface area contributed by atoms with Crippen LogP contribution in [0.4, 0.5) is 22.0 Å². The molecule has 2 N–H and O–H groups in total. The molecule has 1 amide bonds. The first-order valence-corrected chi connectivity index (χ1v) is 18.2. The number of rotatable bonds is 16. The van der Waals surface area contributed by atoms with Crippen LogP contribution in [0.1, 0.15) is 62.4 Å². The van der Waals surface area contributed by atoms with Gasteiger partial charge >= 0.3 is 12.1 Å². The van der Waals surface area contributed by atoms with E-state index in [0.717, 1.165) is 30.2 Å². The molecule has 5 rings (SSSR count). The van der Waals surface area contributed by atoms with Crippen molar-refractivity contribution in [2.24, 2.45) is 0 Å². The van der Waals surface area contributed by atoms with E-state index in [1.54, 1.807) is 59.7 Å². The lowest BCUT2D eigenvalue weighted by Crippen LogP contribution is -2.49. The fourth-order valence-corrected chi connectivity index (χ4v) is 6.69. The number of benzene rings is 4. The molecule has 0 bridgehead atoms. The maximum absolute atomic E-state index is 14.7. The van der Waals surface area contributed by atoms with E-state index >= 15 is 0 Å². The molecule has 0 saturated carbocycles. The minimum atomic E-state index is -4.45. The predicted octanol–water partition coefficient (Wildman–Crippen LogP) is 8.79. The van der Waals surface area contributed by atoms with Crippen LogP contribution in [0.5, 0.6) is 0 Å². The molecule has 0 radical (unpaired) electrons. The topological polar surface area (TPSA) is 91.6 Å². The Kier molecular flexibility index (Phi) is 12.9. The monoisotopic (exact) mass is 761 g/mol. The molecule has 0 aliphatic rings. The summed E-state index contributed by atoms with van der Waals surface area (Å²) in [7, 11) is 0. The number of hydrogen-bond donors (Lipinski definition) is 2. The smallest absolute Gasteiger partial charge is 0.416 e. The second-order valence-electron chi connectivity index (χ2n) is 14.2. The molecule has 1 unspecified atom stereocenters. The fourth-order valence-electron chi connectivity index (χ4n) is 6.69. The number of pyridine rings is 1. The van der Waals surface area contributed by atoms with E-state index in [2.05, 4.69) is 5.32 Å². The van der Waals surface area contributed by atoms with Crippen molar-refractivity contribution < 1.29 is 36.6 Å². The number of carbonyl (C=O) groups is 2. The number of fused-ring (bicyclic) bond motifs is 1. The molecule has 1 aromatic heterocycles. The van der Waals surface area contributed by atoms with Crippen LogP contribution in [-0.4, -0.2) is 44.6 Å². The Labute approximate surface area is 316 Å². The molecule has 1 atom stereocenters. The highest BCUT2D eigenvalue weighted by atomic mass is 19.4. The SMILES string of the molecule is CCCC(CCNC(C)(C)C(=O)O)N(Cc1ccc(-c2ccc(C(F)(F)F)cc2)cc1)C(=O)Cn1c(CCc2cccc(F)c2F)cc(=O)c2ccccc21. The second kappa shape index (κ2) is 17.4. The van der Waals surface area contributed by atoms with Gasteiger partial charge in [-0.2, -0.15) is 13.2 Å². The number of nitrogens with one attached hydrogen (secondary N) is 1. The van der Waals surface area contributed by atoms with Crippen LogP contribution in [0.2, 0.25) is 0 Å². The number of carboxylic acid groups (broad SMARTS) is 1. The summed E-state index contributed by atoms with van der Waals surface area (Å²) < 4.78 is 69.8. The van der Waals surface area contributed by atoms with Crippen molar-refractivity contribution in [1.82, 2.24) is 14.8 Å². The Balaban J connectivity index is 1.49. The largest absolute Gasteiger partial charge is 0.480 e. The van der Waals surface area contributed by atoms with Crippen LogP contribution in [0, 0.1) is 11.6 Å². The van der Waals surface area contributed by atoms with Crippen molar-refractivity contribution in [1.29, 1.82) is 0 Å². The molecule has 1 heterocycles. The van der Waals surface area contributed by atoms with E-state index < -0.39 is 34.9 Å². The third kappa shape index (κ3) is 10.0. The number of amides is 1. The van der Waals surface area contributed by atoms with Crippen molar-refractivity contribution in [3.05, 3.63) is 141 Å². The average molecular weight is 762 g/mol. The first-order valence-electron chi connectivity index (χ1n) is 18.2. The molecule has 55 heavy (non-hydrogen) atoms. The Morgan fingerprint density at radius 2 is 1.51 bits per heavy atom. The minimum Gasteiger partial charge on any atom is -0.480 e. The molecule has 0 fully saturated rings. The molecule has 4 aromatic carbocycles. The summed E-state index contributed by atoms with van der Waals surface area (Å²) in [6.07, 6.45) is -2.49. The molecule has 290 valence electrons. The summed E-state index contributed by atoms with van der Waals surface area (Å²) in [5.74, 6) is -3.24. The number of carbonyl (C=O) groups excluding carboxylic acids is 1. The molecular weight excluding hydrogens is 717 g/mol. The number of halogens is 5. The zero-order chi connectivity index (χ0) is 39.9. The molecule has 0 aliphatic carbocycles. The Morgan fingerprint density at radius 1 is 0.855 bits per heavy atom. The predicted molar refractivity (Wildman–Crippen MR) is 202 cm³/mol. The van der Waals surface area contributed by atoms with Gasteiger partial charge in [0.25, 0.3) is 0 Å². The number of aliphatic carboxylic acids is 1. The number of hydrogen-bond acceptors (Lipinski definition) is 4. The number of aryl methyl sites for hydroxylation is 2. The quantitative estimate of drug-likeness (QED) is 0.0982. The van der Waals surface area contributed by atoms with Gasteiger partial charge in [-0.25, -0.2) is 8.78 Å². The van der Waals surface area contributed by atoms with Crippen molar-refractivity contribution >= 4 is 22.8 Å². The third-order valence-electron chi connectivity index (χ3n) is 9.89. The van der Waals surface area contributed by atoms with Gasteiger partial charge in [0.1, 0.15) is 12.1 Å². The second-order valence-corrected chi connectivity index (χ2v) is 14.2. The lowest BCUT2D eigenvalue weighted by atomic mass is 10.0. The molecule has 5 aromatic rings. The Morgan fingerprint density at radius 3 is 2.15 bits per heavy atom. The normalized spacial score (nSPS) is 12.5. The molecule has 12 heteroatoms. The summed E-state index contributed by atoms with van der Waals surface area (Å²) in [4.78, 5) is 41.4. The van der Waals surface area contributed by atoms with Crippen LogP contribution in [0.3, 0.4) is 0 Å². The van der Waals surface area contributed by atoms with Gasteiger partial charge in [-0.15, -0.1) is 0 Å². The number of alkyl halides is 3. The van der Waals surface area contributed by atoms with Gasteiger partial charge in [-0.05, 0) is 98.7 Å². The summed E-state index contributed by atoms with van der Waals surface area (Å²) >= 11 is 0. The van der Waals surface area contributed by atoms with Crippen LogP contribution in [0.15, 0.2) is 102 Å². The van der Waals surface area contributed by atoms with Gasteiger partial charge in [-0.3, -0.25) is 14.4 Å². The Hall–Kier alpha value is -5.36. The number of nitrogens with zero attached hydrogens (tertiary/aromatic N) is 2. The van der Waals surface area contributed by atoms with Crippen LogP contribution in [0.25, 0.3) is 22.0 Å². The number of aromatic nitrogens is 1. The van der Waals surface area contributed by atoms with Crippen LogP contribution >= 0.6 is 0 Å². The van der Waals surface area contributed by atoms with Gasteiger partial charge in [-0.1, -0.05) is 74.0 Å². The van der Waals surface area contributed by atoms with Gasteiger partial charge < -0.3 is 19.9 Å². The first kappa shape index (κ1) is 40.8. The van der Waals surface area contributed by atoms with Gasteiger partial charge in [0.15, 0.2) is 17.1 Å². The van der Waals surface area contributed by atoms with E-state index in [1.165, 1.54) is 30.3 Å². The van der Waals surface area contributed by atoms with E-state index in [0.29, 0.717) is 47.1 Å². The standard InChI is InChI=1S/C43H44F5N3O4/c1-4-8-33(23-24-49-42(2,3)41(54)55)51(26-28-13-15-29(16-14-28)30-17-20-32(21-18-30)43(46,47)48)39(53)27-50-34(22-19-31-9-7-11-36(44)40(31)45)25-38(52)35-10-5-6-12-37(35)50/h5-7,9-18,20-21,25,33,49H,4,8,19,22-24,26-27H2,1-3H3,(H,54,55). The van der Waals surface area contributed by atoms with Crippen LogP contribution < -0.4 is 10.7 Å². The first-order chi connectivity index (χ1) is 26.1. The maximum atomic E-state index is 14.7. The van der Waals surface area contributed by atoms with Gasteiger partial charge in [0, 0.05) is 29.7 Å². The minimum absolute atomic E-state index is 0.0774. The fraction of sp³-hybridized carbons (Fsp3) is 0.326. The molecular formula is C43H44F5N3O4. The van der Waals surface area contributed by atoms with Crippen molar-refractivity contribution in [2.45, 2.75) is 83.7 Å². The van der Waals surface area contributed by atoms with E-state index in [4.69, 9.17) is 0 Å². The van der Waals surface area contributed by atoms with Gasteiger partial charge in [0.2, 0.25) is 5.91 Å². The summed E-state index contributed by atoms with van der Waals surface area (Å²) in [5.41, 5.74) is 0.952. The van der Waals surface area contributed by atoms with E-state index in [9.17, 15) is 41.4 Å². The zero-order valence-electron chi connectivity index (χ0n) is 30.9. The van der Waals surface area contributed by atoms with E-state index in [-0.39, 0.29) is 48.9 Å². The molecule has 0 saturated heterocycles. The van der Waals surface area contributed by atoms with E-state index in [1.807, 2.05) is 19.1 Å². The summed E-state index contributed by atoms with van der Waals surface area (Å²) in [5, 5.41) is 13.1. The molecule has 0 spiro atoms. The lowest BCUT2D eigenvalue weighted by Gasteiger charge is -2.34. The third-order valence-corrected chi connectivity index (χ3v) is 9.89. The summed E-state index contributed by atoms with van der Waals surface area (Å²) in [6, 6.07) is 24.0. The van der Waals surface area contributed by atoms with Crippen molar-refractivity contribution in [2.75, 3.05) is 6.54 Å². The molecule has 7 nitrogen and oxygen atoms in total. The highest BCUT2D eigenvalue weighted by Gasteiger charge is 2.31. The van der Waals surface area contributed by atoms with Crippen LogP contribution in [-0.2, 0) is 41.7 Å². The Bertz CT molecular complexity index is 2180. The number of carboxylic acids is 1. The average Bonchev–Trinajstić information content (AvgIpc) is 3.15. The highest BCUT2D eigenvalue weighted by Crippen LogP contribution is 2.31. The van der Waals surface area contributed by atoms with Gasteiger partial charge in [0.05, 0.1) is 11.1 Å². The highest BCUT2D eigenvalue weighted by molar-refractivity contribution is 5.83. The van der Waals surface area contributed by atoms with Crippen molar-refractivity contribution in [3.8, 4) is 11.1 Å². The van der Waals surface area contributed by atoms with Crippen molar-refractivity contribution in [3.63, 3.8) is 0 Å².